The van der Waals surface area contributed by atoms with Gasteiger partial charge in [0.2, 0.25) is 15.9 Å². The average molecular weight is 340 g/mol. The zero-order valence-electron chi connectivity index (χ0n) is 14.8. The molecule has 1 amide bonds. The average Bonchev–Trinajstić information content (AvgIpc) is 2.50. The maximum absolute atomic E-state index is 12.7. The predicted octanol–water partition coefficient (Wildman–Crippen LogP) is 3.46. The number of aryl methyl sites for hydroxylation is 1. The highest BCUT2D eigenvalue weighted by Crippen LogP contribution is 2.26. The summed E-state index contributed by atoms with van der Waals surface area (Å²) in [6, 6.07) is 3.24. The Hall–Kier alpha value is -1.40. The van der Waals surface area contributed by atoms with Crippen LogP contribution in [0.2, 0.25) is 0 Å². The lowest BCUT2D eigenvalue weighted by Crippen LogP contribution is -2.30. The smallest absolute Gasteiger partial charge is 0.243 e. The van der Waals surface area contributed by atoms with E-state index in [4.69, 9.17) is 0 Å². The van der Waals surface area contributed by atoms with E-state index in [9.17, 15) is 13.2 Å². The van der Waals surface area contributed by atoms with Crippen molar-refractivity contribution in [2.45, 2.75) is 58.8 Å². The van der Waals surface area contributed by atoms with Crippen molar-refractivity contribution in [3.63, 3.8) is 0 Å². The van der Waals surface area contributed by atoms with Crippen molar-refractivity contribution >= 4 is 21.6 Å². The molecule has 0 saturated carbocycles. The van der Waals surface area contributed by atoms with Gasteiger partial charge in [-0.1, -0.05) is 27.2 Å². The van der Waals surface area contributed by atoms with Gasteiger partial charge in [0.1, 0.15) is 0 Å². The third-order valence-corrected chi connectivity index (χ3v) is 6.04. The molecule has 0 aliphatic carbocycles. The number of nitrogens with one attached hydrogen (secondary N) is 1. The van der Waals surface area contributed by atoms with Crippen LogP contribution >= 0.6 is 0 Å². The Labute approximate surface area is 140 Å². The first kappa shape index (κ1) is 19.6. The molecule has 0 fully saturated rings. The van der Waals surface area contributed by atoms with Crippen molar-refractivity contribution in [1.29, 1.82) is 0 Å². The lowest BCUT2D eigenvalue weighted by Gasteiger charge is -2.20. The van der Waals surface area contributed by atoms with E-state index >= 15 is 0 Å². The minimum Gasteiger partial charge on any atom is -0.326 e. The molecule has 0 saturated heterocycles. The lowest BCUT2D eigenvalue weighted by molar-refractivity contribution is -0.116. The molecule has 23 heavy (non-hydrogen) atoms. The molecule has 0 spiro atoms. The summed E-state index contributed by atoms with van der Waals surface area (Å²) in [6.45, 7) is 10.2. The molecular weight excluding hydrogens is 312 g/mol. The van der Waals surface area contributed by atoms with Crippen molar-refractivity contribution in [1.82, 2.24) is 4.31 Å². The van der Waals surface area contributed by atoms with Crippen LogP contribution in [0.4, 0.5) is 5.69 Å². The fraction of sp³-hybridized carbons (Fsp3) is 0.588. The highest BCUT2D eigenvalue weighted by molar-refractivity contribution is 7.89. The number of hydrogen-bond acceptors (Lipinski definition) is 3. The van der Waals surface area contributed by atoms with E-state index in [-0.39, 0.29) is 10.8 Å². The maximum atomic E-state index is 12.7. The molecule has 1 aromatic carbocycles. The molecule has 0 unspecified atom stereocenters. The van der Waals surface area contributed by atoms with E-state index in [1.807, 2.05) is 34.6 Å². The number of amides is 1. The van der Waals surface area contributed by atoms with Crippen LogP contribution in [0, 0.1) is 13.8 Å². The standard InChI is InChI=1S/C17H28N2O3S/c1-6-9-10-17(20)18-16-12-15(11-13(4)14(16)5)23(21,22)19(7-2)8-3/h11-12H,6-10H2,1-5H3,(H,18,20). The largest absolute Gasteiger partial charge is 0.326 e. The molecular formula is C17H28N2O3S. The second-order valence-corrected chi connectivity index (χ2v) is 7.59. The van der Waals surface area contributed by atoms with Crippen molar-refractivity contribution < 1.29 is 13.2 Å². The highest BCUT2D eigenvalue weighted by atomic mass is 32.2. The summed E-state index contributed by atoms with van der Waals surface area (Å²) in [5.41, 5.74) is 2.33. The maximum Gasteiger partial charge on any atom is 0.243 e. The van der Waals surface area contributed by atoms with Crippen LogP contribution < -0.4 is 5.32 Å². The molecule has 130 valence electrons. The summed E-state index contributed by atoms with van der Waals surface area (Å²) in [5, 5.41) is 2.85. The minimum atomic E-state index is -3.53. The summed E-state index contributed by atoms with van der Waals surface area (Å²) in [5.74, 6) is -0.0771. The van der Waals surface area contributed by atoms with E-state index in [1.165, 1.54) is 4.31 Å². The number of anilines is 1. The molecule has 1 aromatic rings. The van der Waals surface area contributed by atoms with Gasteiger partial charge in [-0.25, -0.2) is 8.42 Å². The first-order valence-corrected chi connectivity index (χ1v) is 9.63. The van der Waals surface area contributed by atoms with Gasteiger partial charge < -0.3 is 5.32 Å². The molecule has 1 N–H and O–H groups in total. The summed E-state index contributed by atoms with van der Waals surface area (Å²) in [6.07, 6.45) is 2.21. The summed E-state index contributed by atoms with van der Waals surface area (Å²) >= 11 is 0. The molecule has 5 nitrogen and oxygen atoms in total. The van der Waals surface area contributed by atoms with Crippen LogP contribution in [0.15, 0.2) is 17.0 Å². The van der Waals surface area contributed by atoms with Gasteiger partial charge in [0.05, 0.1) is 4.90 Å². The van der Waals surface area contributed by atoms with Crippen LogP contribution in [0.25, 0.3) is 0 Å². The molecule has 1 rings (SSSR count). The third kappa shape index (κ3) is 4.78. The molecule has 0 aliphatic heterocycles. The minimum absolute atomic E-state index is 0.0771. The molecule has 6 heteroatoms. The molecule has 0 bridgehead atoms. The van der Waals surface area contributed by atoms with Crippen molar-refractivity contribution in [2.75, 3.05) is 18.4 Å². The summed E-state index contributed by atoms with van der Waals surface area (Å²) in [4.78, 5) is 12.2. The number of nitrogens with zero attached hydrogens (tertiary/aromatic N) is 1. The number of rotatable bonds is 8. The van der Waals surface area contributed by atoms with Gasteiger partial charge in [0, 0.05) is 25.2 Å². The number of benzene rings is 1. The first-order valence-electron chi connectivity index (χ1n) is 8.19. The number of unbranched alkanes of at least 4 members (excludes halogenated alkanes) is 1. The quantitative estimate of drug-likeness (QED) is 0.788. The van der Waals surface area contributed by atoms with Gasteiger partial charge in [-0.05, 0) is 43.5 Å². The fourth-order valence-corrected chi connectivity index (χ4v) is 3.94. The van der Waals surface area contributed by atoms with Crippen LogP contribution in [-0.2, 0) is 14.8 Å². The Morgan fingerprint density at radius 2 is 1.74 bits per heavy atom. The van der Waals surface area contributed by atoms with Crippen LogP contribution in [-0.4, -0.2) is 31.7 Å². The lowest BCUT2D eigenvalue weighted by atomic mass is 10.1. The van der Waals surface area contributed by atoms with Crippen molar-refractivity contribution in [2.24, 2.45) is 0 Å². The van der Waals surface area contributed by atoms with Gasteiger partial charge in [-0.3, -0.25) is 4.79 Å². The van der Waals surface area contributed by atoms with E-state index in [1.54, 1.807) is 12.1 Å². The van der Waals surface area contributed by atoms with Gasteiger partial charge in [-0.15, -0.1) is 0 Å². The normalized spacial score (nSPS) is 11.7. The number of carbonyl (C=O) groups excluding carboxylic acids is 1. The molecule has 0 aromatic heterocycles. The number of sulfonamides is 1. The van der Waals surface area contributed by atoms with E-state index in [0.29, 0.717) is 25.2 Å². The van der Waals surface area contributed by atoms with Crippen molar-refractivity contribution in [3.8, 4) is 0 Å². The Kier molecular flexibility index (Phi) is 7.22. The highest BCUT2D eigenvalue weighted by Gasteiger charge is 2.23. The van der Waals surface area contributed by atoms with E-state index < -0.39 is 10.0 Å². The molecule has 0 atom stereocenters. The first-order chi connectivity index (χ1) is 10.8. The molecule has 0 heterocycles. The Balaban J connectivity index is 3.21. The zero-order chi connectivity index (χ0) is 17.6. The summed E-state index contributed by atoms with van der Waals surface area (Å²) < 4.78 is 26.8. The van der Waals surface area contributed by atoms with Gasteiger partial charge in [-0.2, -0.15) is 4.31 Å². The topological polar surface area (TPSA) is 66.5 Å². The molecule has 0 aliphatic rings. The fourth-order valence-electron chi connectivity index (χ4n) is 2.37. The summed E-state index contributed by atoms with van der Waals surface area (Å²) in [7, 11) is -3.53. The van der Waals surface area contributed by atoms with Gasteiger partial charge in [0.15, 0.2) is 0 Å². The van der Waals surface area contributed by atoms with Crippen LogP contribution in [0.1, 0.15) is 51.2 Å². The van der Waals surface area contributed by atoms with E-state index in [2.05, 4.69) is 5.32 Å². The monoisotopic (exact) mass is 340 g/mol. The van der Waals surface area contributed by atoms with Crippen LogP contribution in [0.5, 0.6) is 0 Å². The number of hydrogen-bond donors (Lipinski definition) is 1. The van der Waals surface area contributed by atoms with Crippen molar-refractivity contribution in [3.05, 3.63) is 23.3 Å². The van der Waals surface area contributed by atoms with Gasteiger partial charge in [0.25, 0.3) is 0 Å². The van der Waals surface area contributed by atoms with Crippen LogP contribution in [0.3, 0.4) is 0 Å². The predicted molar refractivity (Wildman–Crippen MR) is 94.2 cm³/mol. The van der Waals surface area contributed by atoms with Gasteiger partial charge >= 0.3 is 0 Å². The second-order valence-electron chi connectivity index (χ2n) is 5.65. The Bertz CT molecular complexity index is 650. The Morgan fingerprint density at radius 3 is 2.26 bits per heavy atom. The molecule has 0 radical (unpaired) electrons. The second kappa shape index (κ2) is 8.45. The number of carbonyl (C=O) groups is 1. The SMILES string of the molecule is CCCCC(=O)Nc1cc(S(=O)(=O)N(CC)CC)cc(C)c1C. The third-order valence-electron chi connectivity index (χ3n) is 4.02. The zero-order valence-corrected chi connectivity index (χ0v) is 15.6. The Morgan fingerprint density at radius 1 is 1.13 bits per heavy atom. The van der Waals surface area contributed by atoms with E-state index in [0.717, 1.165) is 24.0 Å².